The highest BCUT2D eigenvalue weighted by Gasteiger charge is 2.21. The summed E-state index contributed by atoms with van der Waals surface area (Å²) < 4.78 is 5.86. The van der Waals surface area contributed by atoms with Gasteiger partial charge >= 0.3 is 0 Å². The molecule has 2 aromatic heterocycles. The maximum atomic E-state index is 5.86. The van der Waals surface area contributed by atoms with E-state index in [-0.39, 0.29) is 0 Å². The second-order valence-corrected chi connectivity index (χ2v) is 10.9. The first-order valence-corrected chi connectivity index (χ1v) is 14.2. The normalized spacial score (nSPS) is 15.7. The lowest BCUT2D eigenvalue weighted by Crippen LogP contribution is -2.44. The van der Waals surface area contributed by atoms with Crippen molar-refractivity contribution in [3.63, 3.8) is 0 Å². The van der Waals surface area contributed by atoms with E-state index in [0.29, 0.717) is 12.0 Å². The standard InChI is InChI=1S/C32H34N8O/c1-22-7-8-25(35-32-37-28-5-3-4-6-30(28)41-32)19-29(22)40-14-13-27-23(21-40)20-33-31(36-27)34-24-9-11-26(12-10-24)39-17-15-38(2)16-18-39/h3-12,19-20H,13-18,21H2,1-2H3,(H,35,37)(H,33,34,36). The van der Waals surface area contributed by atoms with Gasteiger partial charge in [0.05, 0.1) is 5.69 Å². The van der Waals surface area contributed by atoms with Crippen molar-refractivity contribution < 1.29 is 4.42 Å². The predicted molar refractivity (Wildman–Crippen MR) is 165 cm³/mol. The molecule has 0 saturated carbocycles. The van der Waals surface area contributed by atoms with Gasteiger partial charge in [-0.15, -0.1) is 0 Å². The van der Waals surface area contributed by atoms with Crippen molar-refractivity contribution in [1.29, 1.82) is 0 Å². The molecule has 9 nitrogen and oxygen atoms in total. The van der Waals surface area contributed by atoms with Gasteiger partial charge in [-0.25, -0.2) is 9.97 Å². The first kappa shape index (κ1) is 25.3. The molecule has 0 unspecified atom stereocenters. The molecule has 4 heterocycles. The van der Waals surface area contributed by atoms with Crippen molar-refractivity contribution in [2.24, 2.45) is 0 Å². The third kappa shape index (κ3) is 5.40. The Bertz CT molecular complexity index is 1640. The number of aromatic nitrogens is 3. The molecule has 1 fully saturated rings. The number of benzene rings is 3. The Labute approximate surface area is 239 Å². The minimum absolute atomic E-state index is 0.493. The van der Waals surface area contributed by atoms with Crippen molar-refractivity contribution in [2.45, 2.75) is 19.9 Å². The second kappa shape index (κ2) is 10.7. The van der Waals surface area contributed by atoms with Crippen LogP contribution in [0.15, 0.2) is 77.3 Å². The Morgan fingerprint density at radius 1 is 0.805 bits per heavy atom. The summed E-state index contributed by atoms with van der Waals surface area (Å²) in [4.78, 5) is 21.3. The number of hydrogen-bond donors (Lipinski definition) is 2. The molecule has 41 heavy (non-hydrogen) atoms. The van der Waals surface area contributed by atoms with Gasteiger partial charge in [0.2, 0.25) is 5.95 Å². The number of hydrogen-bond acceptors (Lipinski definition) is 9. The summed E-state index contributed by atoms with van der Waals surface area (Å²) in [6.45, 7) is 8.12. The van der Waals surface area contributed by atoms with Crippen LogP contribution in [0.3, 0.4) is 0 Å². The molecule has 0 aliphatic carbocycles. The molecular weight excluding hydrogens is 512 g/mol. The van der Waals surface area contributed by atoms with Gasteiger partial charge in [0.15, 0.2) is 5.58 Å². The van der Waals surface area contributed by atoms with E-state index < -0.39 is 0 Å². The van der Waals surface area contributed by atoms with Crippen molar-refractivity contribution in [3.8, 4) is 0 Å². The number of nitrogens with zero attached hydrogens (tertiary/aromatic N) is 6. The van der Waals surface area contributed by atoms with Crippen molar-refractivity contribution in [1.82, 2.24) is 19.9 Å². The predicted octanol–water partition coefficient (Wildman–Crippen LogP) is 5.73. The number of nitrogens with one attached hydrogen (secondary N) is 2. The first-order chi connectivity index (χ1) is 20.1. The molecular formula is C32H34N8O. The van der Waals surface area contributed by atoms with Crippen LogP contribution in [0.5, 0.6) is 0 Å². The van der Waals surface area contributed by atoms with Crippen LogP contribution < -0.4 is 20.4 Å². The Morgan fingerprint density at radius 3 is 2.44 bits per heavy atom. The van der Waals surface area contributed by atoms with Crippen LogP contribution in [-0.2, 0) is 13.0 Å². The molecule has 0 bridgehead atoms. The smallest absolute Gasteiger partial charge is 0.300 e. The van der Waals surface area contributed by atoms with Crippen LogP contribution >= 0.6 is 0 Å². The molecule has 2 aliphatic rings. The maximum Gasteiger partial charge on any atom is 0.300 e. The Hall–Kier alpha value is -4.63. The van der Waals surface area contributed by atoms with E-state index in [1.165, 1.54) is 16.9 Å². The minimum Gasteiger partial charge on any atom is -0.423 e. The van der Waals surface area contributed by atoms with Gasteiger partial charge in [-0.1, -0.05) is 18.2 Å². The summed E-state index contributed by atoms with van der Waals surface area (Å²) in [6, 6.07) is 23.2. The van der Waals surface area contributed by atoms with Gasteiger partial charge in [0, 0.05) is 80.2 Å². The topological polar surface area (TPSA) is 85.6 Å². The maximum absolute atomic E-state index is 5.86. The van der Waals surface area contributed by atoms with Gasteiger partial charge in [0.25, 0.3) is 6.01 Å². The molecule has 0 atom stereocenters. The third-order valence-electron chi connectivity index (χ3n) is 8.02. The SMILES string of the molecule is Cc1ccc(Nc2nc3ccccc3o2)cc1N1CCc2nc(Nc3ccc(N4CCN(C)CC4)cc3)ncc2C1. The monoisotopic (exact) mass is 546 g/mol. The van der Waals surface area contributed by atoms with E-state index in [4.69, 9.17) is 9.40 Å². The molecule has 5 aromatic rings. The minimum atomic E-state index is 0.493. The van der Waals surface area contributed by atoms with Crippen molar-refractivity contribution >= 4 is 45.8 Å². The number of oxazole rings is 1. The molecule has 2 aliphatic heterocycles. The number of fused-ring (bicyclic) bond motifs is 2. The van der Waals surface area contributed by atoms with E-state index in [1.807, 2.05) is 30.5 Å². The van der Waals surface area contributed by atoms with Gasteiger partial charge in [0.1, 0.15) is 5.52 Å². The van der Waals surface area contributed by atoms with E-state index in [9.17, 15) is 0 Å². The highest BCUT2D eigenvalue weighted by Crippen LogP contribution is 2.31. The average Bonchev–Trinajstić information content (AvgIpc) is 3.41. The molecule has 3 aromatic carbocycles. The fourth-order valence-corrected chi connectivity index (χ4v) is 5.61. The van der Waals surface area contributed by atoms with Gasteiger partial charge in [-0.2, -0.15) is 4.98 Å². The number of likely N-dealkylation sites (N-methyl/N-ethyl adjacent to an activating group) is 1. The summed E-state index contributed by atoms with van der Waals surface area (Å²) in [6.07, 6.45) is 2.82. The molecule has 2 N–H and O–H groups in total. The fourth-order valence-electron chi connectivity index (χ4n) is 5.61. The summed E-state index contributed by atoms with van der Waals surface area (Å²) in [7, 11) is 2.18. The van der Waals surface area contributed by atoms with E-state index in [2.05, 4.69) is 91.7 Å². The highest BCUT2D eigenvalue weighted by atomic mass is 16.4. The summed E-state index contributed by atoms with van der Waals surface area (Å²) >= 11 is 0. The summed E-state index contributed by atoms with van der Waals surface area (Å²) in [5.41, 5.74) is 9.47. The number of anilines is 6. The van der Waals surface area contributed by atoms with Crippen LogP contribution in [0.4, 0.5) is 34.7 Å². The zero-order valence-electron chi connectivity index (χ0n) is 23.5. The fraction of sp³-hybridized carbons (Fsp3) is 0.281. The first-order valence-electron chi connectivity index (χ1n) is 14.2. The van der Waals surface area contributed by atoms with Gasteiger partial charge < -0.3 is 29.8 Å². The highest BCUT2D eigenvalue weighted by molar-refractivity contribution is 5.75. The quantitative estimate of drug-likeness (QED) is 0.277. The van der Waals surface area contributed by atoms with E-state index >= 15 is 0 Å². The number of aryl methyl sites for hydroxylation is 1. The molecule has 0 amide bonds. The summed E-state index contributed by atoms with van der Waals surface area (Å²) in [5.74, 6) is 0.644. The van der Waals surface area contributed by atoms with Gasteiger partial charge in [-0.3, -0.25) is 0 Å². The number of rotatable bonds is 6. The Kier molecular flexibility index (Phi) is 6.64. The molecule has 1 saturated heterocycles. The Balaban J connectivity index is 1.02. The number of para-hydroxylation sites is 2. The zero-order valence-corrected chi connectivity index (χ0v) is 23.5. The molecule has 0 radical (unpaired) electrons. The largest absolute Gasteiger partial charge is 0.423 e. The van der Waals surface area contributed by atoms with Crippen LogP contribution in [0.2, 0.25) is 0 Å². The van der Waals surface area contributed by atoms with Crippen LogP contribution in [0.1, 0.15) is 16.8 Å². The molecule has 7 rings (SSSR count). The average molecular weight is 547 g/mol. The van der Waals surface area contributed by atoms with Crippen LogP contribution in [-0.4, -0.2) is 59.6 Å². The van der Waals surface area contributed by atoms with Crippen molar-refractivity contribution in [3.05, 3.63) is 89.7 Å². The lowest BCUT2D eigenvalue weighted by Gasteiger charge is -2.34. The Morgan fingerprint density at radius 2 is 1.61 bits per heavy atom. The van der Waals surface area contributed by atoms with Crippen LogP contribution in [0, 0.1) is 6.92 Å². The lowest BCUT2D eigenvalue weighted by atomic mass is 10.0. The zero-order chi connectivity index (χ0) is 27.8. The van der Waals surface area contributed by atoms with E-state index in [1.54, 1.807) is 0 Å². The number of piperazine rings is 1. The summed E-state index contributed by atoms with van der Waals surface area (Å²) in [5, 5.41) is 6.73. The van der Waals surface area contributed by atoms with Crippen molar-refractivity contribution in [2.75, 3.05) is 60.2 Å². The van der Waals surface area contributed by atoms with Gasteiger partial charge in [-0.05, 0) is 68.1 Å². The van der Waals surface area contributed by atoms with Crippen LogP contribution in [0.25, 0.3) is 11.1 Å². The lowest BCUT2D eigenvalue weighted by molar-refractivity contribution is 0.313. The molecule has 0 spiro atoms. The van der Waals surface area contributed by atoms with E-state index in [0.717, 1.165) is 79.4 Å². The third-order valence-corrected chi connectivity index (χ3v) is 8.02. The second-order valence-electron chi connectivity index (χ2n) is 10.9. The molecule has 208 valence electrons. The molecule has 9 heteroatoms.